The van der Waals surface area contributed by atoms with E-state index in [9.17, 15) is 4.79 Å². The number of nitrogens with one attached hydrogen (secondary N) is 2. The monoisotopic (exact) mass is 436 g/mol. The first-order valence-electron chi connectivity index (χ1n) is 10.00. The van der Waals surface area contributed by atoms with Gasteiger partial charge in [0.2, 0.25) is 0 Å². The van der Waals surface area contributed by atoms with E-state index in [2.05, 4.69) is 25.4 Å². The number of fused-ring (bicyclic) bond motifs is 1. The molecule has 0 aliphatic carbocycles. The highest BCUT2D eigenvalue weighted by Gasteiger charge is 2.16. The number of halogens is 1. The molecule has 3 heterocycles. The molecule has 0 bridgehead atoms. The smallest absolute Gasteiger partial charge is 0.293 e. The number of aromatic nitrogens is 4. The highest BCUT2D eigenvalue weighted by atomic mass is 35.5. The lowest BCUT2D eigenvalue weighted by Crippen LogP contribution is -2.36. The molecular weight excluding hydrogens is 416 g/mol. The Morgan fingerprint density at radius 3 is 2.61 bits per heavy atom. The predicted octanol–water partition coefficient (Wildman–Crippen LogP) is 3.56. The fourth-order valence-corrected chi connectivity index (χ4v) is 4.20. The molecule has 1 saturated heterocycles. The van der Waals surface area contributed by atoms with E-state index in [1.165, 1.54) is 4.57 Å². The van der Waals surface area contributed by atoms with Crippen molar-refractivity contribution < 1.29 is 4.74 Å². The number of nitrogens with zero attached hydrogens (tertiary/aromatic N) is 4. The van der Waals surface area contributed by atoms with Gasteiger partial charge in [-0.25, -0.2) is 4.98 Å². The van der Waals surface area contributed by atoms with E-state index in [0.717, 1.165) is 48.8 Å². The first-order valence-corrected chi connectivity index (χ1v) is 10.4. The minimum atomic E-state index is -0.254. The quantitative estimate of drug-likeness (QED) is 0.508. The summed E-state index contributed by atoms with van der Waals surface area (Å²) in [6.07, 6.45) is 3.45. The van der Waals surface area contributed by atoms with E-state index in [1.54, 1.807) is 19.4 Å². The van der Waals surface area contributed by atoms with Crippen LogP contribution in [0.15, 0.2) is 53.6 Å². The molecule has 0 saturated carbocycles. The molecule has 158 valence electrons. The van der Waals surface area contributed by atoms with Crippen molar-refractivity contribution >= 4 is 39.8 Å². The van der Waals surface area contributed by atoms with Gasteiger partial charge in [0.15, 0.2) is 5.82 Å². The zero-order chi connectivity index (χ0) is 21.4. The molecule has 9 heteroatoms. The number of aromatic amines is 1. The summed E-state index contributed by atoms with van der Waals surface area (Å²) in [6.45, 7) is 3.23. The third kappa shape index (κ3) is 3.64. The third-order valence-electron chi connectivity index (χ3n) is 5.49. The Hall–Kier alpha value is -3.36. The molecule has 0 radical (unpaired) electrons. The normalized spacial score (nSPS) is 14.2. The van der Waals surface area contributed by atoms with E-state index >= 15 is 0 Å². The van der Waals surface area contributed by atoms with Gasteiger partial charge in [0.25, 0.3) is 5.56 Å². The summed E-state index contributed by atoms with van der Waals surface area (Å²) < 4.78 is 6.93. The van der Waals surface area contributed by atoms with Gasteiger partial charge in [0.1, 0.15) is 0 Å². The zero-order valence-corrected chi connectivity index (χ0v) is 17.7. The molecule has 1 aliphatic rings. The molecule has 0 amide bonds. The first-order chi connectivity index (χ1) is 15.1. The SMILES string of the molecule is Cn1c(=O)c(Nc2ccc(N3CCOCC3)cc2)nc2ccc(-c3cn[nH]c3)c(Cl)c21. The Morgan fingerprint density at radius 2 is 1.90 bits per heavy atom. The predicted molar refractivity (Wildman–Crippen MR) is 122 cm³/mol. The van der Waals surface area contributed by atoms with Gasteiger partial charge in [0.05, 0.1) is 35.5 Å². The molecule has 2 N–H and O–H groups in total. The molecule has 0 atom stereocenters. The molecule has 0 spiro atoms. The van der Waals surface area contributed by atoms with E-state index in [1.807, 2.05) is 36.4 Å². The second-order valence-electron chi connectivity index (χ2n) is 7.38. The maximum absolute atomic E-state index is 13.0. The lowest BCUT2D eigenvalue weighted by atomic mass is 10.1. The van der Waals surface area contributed by atoms with Gasteiger partial charge in [0, 0.05) is 48.8 Å². The van der Waals surface area contributed by atoms with Crippen molar-refractivity contribution in [1.82, 2.24) is 19.7 Å². The van der Waals surface area contributed by atoms with Gasteiger partial charge >= 0.3 is 0 Å². The molecular formula is C22H21ClN6O2. The molecule has 4 aromatic rings. The minimum absolute atomic E-state index is 0.251. The van der Waals surface area contributed by atoms with Crippen LogP contribution in [0.3, 0.4) is 0 Å². The van der Waals surface area contributed by atoms with Crippen molar-refractivity contribution in [1.29, 1.82) is 0 Å². The zero-order valence-electron chi connectivity index (χ0n) is 16.9. The van der Waals surface area contributed by atoms with Crippen LogP contribution in [-0.2, 0) is 11.8 Å². The molecule has 1 aliphatic heterocycles. The van der Waals surface area contributed by atoms with E-state index < -0.39 is 0 Å². The highest BCUT2D eigenvalue weighted by molar-refractivity contribution is 6.37. The molecule has 31 heavy (non-hydrogen) atoms. The fourth-order valence-electron chi connectivity index (χ4n) is 3.81. The third-order valence-corrected chi connectivity index (χ3v) is 5.87. The van der Waals surface area contributed by atoms with Crippen LogP contribution in [-0.4, -0.2) is 46.1 Å². The Morgan fingerprint density at radius 1 is 1.13 bits per heavy atom. The first kappa shape index (κ1) is 19.6. The van der Waals surface area contributed by atoms with Crippen LogP contribution in [0.1, 0.15) is 0 Å². The number of rotatable bonds is 4. The van der Waals surface area contributed by atoms with Crippen molar-refractivity contribution in [3.63, 3.8) is 0 Å². The summed E-state index contributed by atoms with van der Waals surface area (Å²) in [5.41, 5.74) is 4.52. The van der Waals surface area contributed by atoms with Gasteiger partial charge in [-0.05, 0) is 30.3 Å². The number of hydrogen-bond donors (Lipinski definition) is 2. The van der Waals surface area contributed by atoms with Crippen LogP contribution in [0.25, 0.3) is 22.2 Å². The number of benzene rings is 2. The lowest BCUT2D eigenvalue weighted by Gasteiger charge is -2.28. The Bertz CT molecular complexity index is 1280. The van der Waals surface area contributed by atoms with Crippen LogP contribution in [0, 0.1) is 0 Å². The topological polar surface area (TPSA) is 88.1 Å². The van der Waals surface area contributed by atoms with Crippen LogP contribution >= 0.6 is 11.6 Å². The fraction of sp³-hybridized carbons (Fsp3) is 0.227. The van der Waals surface area contributed by atoms with Gasteiger partial charge in [-0.1, -0.05) is 17.7 Å². The molecule has 2 aromatic carbocycles. The summed E-state index contributed by atoms with van der Waals surface area (Å²) in [4.78, 5) is 19.8. The van der Waals surface area contributed by atoms with Gasteiger partial charge in [-0.3, -0.25) is 9.89 Å². The van der Waals surface area contributed by atoms with Crippen LogP contribution < -0.4 is 15.8 Å². The standard InChI is InChI=1S/C22H21ClN6O2/c1-28-20-18(7-6-17(19(20)23)14-12-24-25-13-14)27-21(22(28)30)26-15-2-4-16(5-3-15)29-8-10-31-11-9-29/h2-7,12-13H,8-11H2,1H3,(H,24,25)(H,26,27). The minimum Gasteiger partial charge on any atom is -0.378 e. The summed E-state index contributed by atoms with van der Waals surface area (Å²) in [7, 11) is 1.70. The van der Waals surface area contributed by atoms with Gasteiger partial charge in [-0.2, -0.15) is 5.10 Å². The van der Waals surface area contributed by atoms with E-state index in [-0.39, 0.29) is 11.4 Å². The highest BCUT2D eigenvalue weighted by Crippen LogP contribution is 2.33. The van der Waals surface area contributed by atoms with Crippen molar-refractivity contribution in [3.8, 4) is 11.1 Å². The maximum atomic E-state index is 13.0. The Balaban J connectivity index is 1.47. The molecule has 8 nitrogen and oxygen atoms in total. The summed E-state index contributed by atoms with van der Waals surface area (Å²) in [5.74, 6) is 0.251. The Kier molecular flexibility index (Phi) is 5.09. The second kappa shape index (κ2) is 8.05. The molecule has 2 aromatic heterocycles. The molecule has 5 rings (SSSR count). The van der Waals surface area contributed by atoms with Crippen molar-refractivity contribution in [3.05, 3.63) is 64.2 Å². The molecule has 1 fully saturated rings. The average molecular weight is 437 g/mol. The Labute approximate surface area is 183 Å². The number of ether oxygens (including phenoxy) is 1. The van der Waals surface area contributed by atoms with Crippen LogP contribution in [0.4, 0.5) is 17.2 Å². The second-order valence-corrected chi connectivity index (χ2v) is 7.76. The largest absolute Gasteiger partial charge is 0.378 e. The van der Waals surface area contributed by atoms with Gasteiger partial charge < -0.3 is 19.5 Å². The van der Waals surface area contributed by atoms with Gasteiger partial charge in [-0.15, -0.1) is 0 Å². The van der Waals surface area contributed by atoms with E-state index in [0.29, 0.717) is 16.1 Å². The molecule has 0 unspecified atom stereocenters. The number of H-pyrrole nitrogens is 1. The van der Waals surface area contributed by atoms with Crippen molar-refractivity contribution in [2.45, 2.75) is 0 Å². The van der Waals surface area contributed by atoms with Crippen molar-refractivity contribution in [2.24, 2.45) is 7.05 Å². The van der Waals surface area contributed by atoms with Crippen LogP contribution in [0.2, 0.25) is 5.02 Å². The number of aryl methyl sites for hydroxylation is 1. The number of anilines is 3. The maximum Gasteiger partial charge on any atom is 0.293 e. The summed E-state index contributed by atoms with van der Waals surface area (Å²) >= 11 is 6.64. The van der Waals surface area contributed by atoms with Crippen molar-refractivity contribution in [2.75, 3.05) is 36.5 Å². The summed E-state index contributed by atoms with van der Waals surface area (Å²) in [5, 5.41) is 10.4. The number of hydrogen-bond acceptors (Lipinski definition) is 6. The van der Waals surface area contributed by atoms with Crippen LogP contribution in [0.5, 0.6) is 0 Å². The average Bonchev–Trinajstić information content (AvgIpc) is 3.33. The van der Waals surface area contributed by atoms with E-state index in [4.69, 9.17) is 16.3 Å². The number of morpholine rings is 1. The summed E-state index contributed by atoms with van der Waals surface area (Å²) in [6, 6.07) is 11.7. The lowest BCUT2D eigenvalue weighted by molar-refractivity contribution is 0.122.